The number of fused-ring (bicyclic) bond motifs is 2. The van der Waals surface area contributed by atoms with Crippen LogP contribution in [0.15, 0.2) is 11.6 Å². The van der Waals surface area contributed by atoms with Gasteiger partial charge in [0.15, 0.2) is 0 Å². The normalized spacial score (nSPS) is 42.1. The Kier molecular flexibility index (Phi) is 1.07. The summed E-state index contributed by atoms with van der Waals surface area (Å²) in [6.07, 6.45) is 5.35. The van der Waals surface area contributed by atoms with Gasteiger partial charge in [-0.05, 0) is 30.1 Å². The molecule has 2 atom stereocenters. The molecule has 10 heavy (non-hydrogen) atoms. The number of allylic oxidation sites excluding steroid dienone is 2. The second-order valence-corrected chi connectivity index (χ2v) is 4.43. The SMILES string of the molecule is CC1CCC2C=C1C2(C)C. The third-order valence-electron chi connectivity index (χ3n) is 3.49. The summed E-state index contributed by atoms with van der Waals surface area (Å²) in [4.78, 5) is 0. The zero-order valence-electron chi connectivity index (χ0n) is 7.15. The molecule has 0 spiro atoms. The molecule has 1 saturated carbocycles. The van der Waals surface area contributed by atoms with Crippen LogP contribution in [0, 0.1) is 17.3 Å². The lowest BCUT2D eigenvalue weighted by Crippen LogP contribution is -2.41. The minimum Gasteiger partial charge on any atom is -0.0805 e. The van der Waals surface area contributed by atoms with Gasteiger partial charge in [0, 0.05) is 0 Å². The zero-order valence-corrected chi connectivity index (χ0v) is 7.15. The van der Waals surface area contributed by atoms with E-state index < -0.39 is 0 Å². The van der Waals surface area contributed by atoms with E-state index in [2.05, 4.69) is 26.8 Å². The minimum atomic E-state index is 0.567. The molecule has 0 heteroatoms. The van der Waals surface area contributed by atoms with Gasteiger partial charge in [-0.25, -0.2) is 0 Å². The lowest BCUT2D eigenvalue weighted by molar-refractivity contribution is 0.170. The van der Waals surface area contributed by atoms with E-state index in [-0.39, 0.29) is 0 Å². The molecule has 0 amide bonds. The van der Waals surface area contributed by atoms with Gasteiger partial charge in [-0.3, -0.25) is 0 Å². The van der Waals surface area contributed by atoms with Gasteiger partial charge in [0.1, 0.15) is 0 Å². The highest BCUT2D eigenvalue weighted by Crippen LogP contribution is 2.55. The first-order valence-electron chi connectivity index (χ1n) is 4.34. The molecule has 3 aliphatic rings. The Balaban J connectivity index is 2.30. The van der Waals surface area contributed by atoms with E-state index in [1.54, 1.807) is 5.57 Å². The molecule has 0 aliphatic heterocycles. The number of hydrogen-bond donors (Lipinski definition) is 0. The molecule has 1 fully saturated rings. The Labute approximate surface area is 63.3 Å². The summed E-state index contributed by atoms with van der Waals surface area (Å²) in [6.45, 7) is 7.15. The molecule has 2 bridgehead atoms. The van der Waals surface area contributed by atoms with Crippen molar-refractivity contribution >= 4 is 0 Å². The van der Waals surface area contributed by atoms with Crippen molar-refractivity contribution in [2.45, 2.75) is 33.6 Å². The zero-order chi connectivity index (χ0) is 7.35. The van der Waals surface area contributed by atoms with E-state index in [9.17, 15) is 0 Å². The molecule has 56 valence electrons. The van der Waals surface area contributed by atoms with Crippen molar-refractivity contribution in [2.75, 3.05) is 0 Å². The first kappa shape index (κ1) is 6.45. The summed E-state index contributed by atoms with van der Waals surface area (Å²) >= 11 is 0. The van der Waals surface area contributed by atoms with Crippen molar-refractivity contribution in [3.8, 4) is 0 Å². The molecular weight excluding hydrogens is 120 g/mol. The van der Waals surface area contributed by atoms with Crippen LogP contribution in [0.2, 0.25) is 0 Å². The molecule has 0 nitrogen and oxygen atoms in total. The smallest absolute Gasteiger partial charge is 0.00791 e. The van der Waals surface area contributed by atoms with E-state index in [0.717, 1.165) is 11.8 Å². The van der Waals surface area contributed by atoms with Crippen LogP contribution in [0.5, 0.6) is 0 Å². The first-order valence-corrected chi connectivity index (χ1v) is 4.34. The fourth-order valence-electron chi connectivity index (χ4n) is 2.59. The maximum Gasteiger partial charge on any atom is -0.00791 e. The van der Waals surface area contributed by atoms with Crippen LogP contribution in [0.1, 0.15) is 33.6 Å². The molecule has 2 unspecified atom stereocenters. The van der Waals surface area contributed by atoms with Crippen LogP contribution in [-0.4, -0.2) is 0 Å². The van der Waals surface area contributed by atoms with Crippen molar-refractivity contribution in [1.82, 2.24) is 0 Å². The van der Waals surface area contributed by atoms with Crippen molar-refractivity contribution in [3.05, 3.63) is 11.6 Å². The summed E-state index contributed by atoms with van der Waals surface area (Å²) in [6, 6.07) is 0. The van der Waals surface area contributed by atoms with Crippen LogP contribution in [0.25, 0.3) is 0 Å². The van der Waals surface area contributed by atoms with Gasteiger partial charge in [-0.2, -0.15) is 0 Å². The third-order valence-corrected chi connectivity index (χ3v) is 3.49. The van der Waals surface area contributed by atoms with E-state index in [0.29, 0.717) is 5.41 Å². The van der Waals surface area contributed by atoms with Gasteiger partial charge in [0.05, 0.1) is 0 Å². The highest BCUT2D eigenvalue weighted by molar-refractivity contribution is 5.32. The predicted octanol–water partition coefficient (Wildman–Crippen LogP) is 3.00. The Morgan fingerprint density at radius 1 is 1.40 bits per heavy atom. The summed E-state index contributed by atoms with van der Waals surface area (Å²) in [7, 11) is 0. The second-order valence-electron chi connectivity index (χ2n) is 4.43. The first-order chi connectivity index (χ1) is 4.62. The highest BCUT2D eigenvalue weighted by atomic mass is 14.5. The highest BCUT2D eigenvalue weighted by Gasteiger charge is 2.45. The lowest BCUT2D eigenvalue weighted by Gasteiger charge is -2.51. The predicted molar refractivity (Wildman–Crippen MR) is 43.8 cm³/mol. The average Bonchev–Trinajstić information content (AvgIpc) is 1.87. The molecule has 0 radical (unpaired) electrons. The van der Waals surface area contributed by atoms with Crippen molar-refractivity contribution in [1.29, 1.82) is 0 Å². The van der Waals surface area contributed by atoms with E-state index in [1.165, 1.54) is 12.8 Å². The Hall–Kier alpha value is -0.260. The van der Waals surface area contributed by atoms with Crippen LogP contribution >= 0.6 is 0 Å². The molecule has 0 aromatic rings. The van der Waals surface area contributed by atoms with Crippen molar-refractivity contribution < 1.29 is 0 Å². The maximum absolute atomic E-state index is 2.49. The van der Waals surface area contributed by atoms with Crippen molar-refractivity contribution in [3.63, 3.8) is 0 Å². The quantitative estimate of drug-likeness (QED) is 0.449. The molecular formula is C10H16. The van der Waals surface area contributed by atoms with Crippen LogP contribution in [-0.2, 0) is 0 Å². The van der Waals surface area contributed by atoms with Gasteiger partial charge < -0.3 is 0 Å². The summed E-state index contributed by atoms with van der Waals surface area (Å²) in [5, 5.41) is 0. The molecule has 0 saturated heterocycles. The number of rotatable bonds is 0. The fraction of sp³-hybridized carbons (Fsp3) is 0.800. The standard InChI is InChI=1S/C10H16/c1-7-4-5-8-6-9(7)10(8,2)3/h6-8H,4-5H2,1-3H3. The van der Waals surface area contributed by atoms with Crippen molar-refractivity contribution in [2.24, 2.45) is 17.3 Å². The topological polar surface area (TPSA) is 0 Å². The van der Waals surface area contributed by atoms with Gasteiger partial charge >= 0.3 is 0 Å². The Morgan fingerprint density at radius 3 is 2.40 bits per heavy atom. The van der Waals surface area contributed by atoms with Gasteiger partial charge in [0.2, 0.25) is 0 Å². The molecule has 3 rings (SSSR count). The van der Waals surface area contributed by atoms with Crippen LogP contribution in [0.3, 0.4) is 0 Å². The Bertz CT molecular complexity index is 186. The van der Waals surface area contributed by atoms with Crippen LogP contribution < -0.4 is 0 Å². The summed E-state index contributed by atoms with van der Waals surface area (Å²) < 4.78 is 0. The average molecular weight is 136 g/mol. The Morgan fingerprint density at radius 2 is 2.10 bits per heavy atom. The van der Waals surface area contributed by atoms with Gasteiger partial charge in [-0.15, -0.1) is 0 Å². The van der Waals surface area contributed by atoms with E-state index >= 15 is 0 Å². The van der Waals surface area contributed by atoms with E-state index in [1.807, 2.05) is 0 Å². The van der Waals surface area contributed by atoms with Crippen LogP contribution in [0.4, 0.5) is 0 Å². The minimum absolute atomic E-state index is 0.567. The lowest BCUT2D eigenvalue weighted by atomic mass is 9.54. The number of hydrogen-bond acceptors (Lipinski definition) is 0. The second kappa shape index (κ2) is 1.66. The van der Waals surface area contributed by atoms with E-state index in [4.69, 9.17) is 0 Å². The third kappa shape index (κ3) is 0.574. The summed E-state index contributed by atoms with van der Waals surface area (Å²) in [5.74, 6) is 1.79. The molecule has 0 heterocycles. The monoisotopic (exact) mass is 136 g/mol. The molecule has 3 aliphatic carbocycles. The molecule has 0 aromatic carbocycles. The maximum atomic E-state index is 2.49. The largest absolute Gasteiger partial charge is 0.0805 e. The summed E-state index contributed by atoms with van der Waals surface area (Å²) in [5.41, 5.74) is 2.29. The molecule has 0 aromatic heterocycles. The van der Waals surface area contributed by atoms with Gasteiger partial charge in [-0.1, -0.05) is 32.4 Å². The fourth-order valence-corrected chi connectivity index (χ4v) is 2.59. The van der Waals surface area contributed by atoms with Gasteiger partial charge in [0.25, 0.3) is 0 Å². The molecule has 0 N–H and O–H groups in total.